The van der Waals surface area contributed by atoms with Crippen LogP contribution in [0.5, 0.6) is 0 Å². The lowest BCUT2D eigenvalue weighted by atomic mass is 10.3. The number of anilines is 2. The number of carbonyl (C=O) groups is 1. The highest BCUT2D eigenvalue weighted by Crippen LogP contribution is 2.24. The number of urea groups is 1. The van der Waals surface area contributed by atoms with Crippen molar-refractivity contribution in [1.29, 1.82) is 0 Å². The third-order valence-corrected chi connectivity index (χ3v) is 5.51. The van der Waals surface area contributed by atoms with E-state index in [9.17, 15) is 4.79 Å². The highest BCUT2D eigenvalue weighted by Gasteiger charge is 2.10. The monoisotopic (exact) mass is 462 g/mol. The van der Waals surface area contributed by atoms with Gasteiger partial charge in [-0.25, -0.2) is 14.8 Å². The van der Waals surface area contributed by atoms with Gasteiger partial charge in [0.2, 0.25) is 11.9 Å². The summed E-state index contributed by atoms with van der Waals surface area (Å²) in [4.78, 5) is 26.8. The number of nitrogens with one attached hydrogen (secondary N) is 3. The van der Waals surface area contributed by atoms with Crippen molar-refractivity contribution in [2.45, 2.75) is 20.3 Å². The van der Waals surface area contributed by atoms with Crippen molar-refractivity contribution in [3.63, 3.8) is 0 Å². The van der Waals surface area contributed by atoms with E-state index in [1.54, 1.807) is 29.5 Å². The fraction of sp³-hybridized carbons (Fsp3) is 0.200. The van der Waals surface area contributed by atoms with Crippen LogP contribution in [0.2, 0.25) is 10.0 Å². The number of aliphatic imine (C=N–C) groups is 1. The molecule has 0 saturated heterocycles. The van der Waals surface area contributed by atoms with Gasteiger partial charge < -0.3 is 5.32 Å². The van der Waals surface area contributed by atoms with E-state index in [0.29, 0.717) is 28.2 Å². The van der Waals surface area contributed by atoms with E-state index < -0.39 is 6.03 Å². The lowest BCUT2D eigenvalue weighted by Crippen LogP contribution is -2.39. The second kappa shape index (κ2) is 10.4. The Labute approximate surface area is 188 Å². The Morgan fingerprint density at radius 2 is 1.83 bits per heavy atom. The molecule has 0 aliphatic carbocycles. The molecule has 30 heavy (non-hydrogen) atoms. The molecule has 0 unspecified atom stereocenters. The van der Waals surface area contributed by atoms with Crippen LogP contribution >= 0.6 is 34.5 Å². The molecule has 7 nitrogen and oxygen atoms in total. The molecule has 0 radical (unpaired) electrons. The van der Waals surface area contributed by atoms with E-state index in [-0.39, 0.29) is 5.96 Å². The van der Waals surface area contributed by atoms with Crippen LogP contribution in [-0.2, 0) is 6.42 Å². The molecule has 10 heteroatoms. The average molecular weight is 463 g/mol. The predicted molar refractivity (Wildman–Crippen MR) is 124 cm³/mol. The summed E-state index contributed by atoms with van der Waals surface area (Å²) in [5.74, 6) is 0.603. The number of halogens is 2. The van der Waals surface area contributed by atoms with Gasteiger partial charge in [-0.05, 0) is 49.6 Å². The van der Waals surface area contributed by atoms with E-state index in [1.165, 1.54) is 4.88 Å². The molecular formula is C20H20Cl2N6OS. The van der Waals surface area contributed by atoms with Crippen LogP contribution in [0.1, 0.15) is 16.3 Å². The molecule has 2 aromatic heterocycles. The van der Waals surface area contributed by atoms with Gasteiger partial charge in [-0.1, -0.05) is 29.3 Å². The Morgan fingerprint density at radius 3 is 2.50 bits per heavy atom. The van der Waals surface area contributed by atoms with Crippen LogP contribution in [0, 0.1) is 13.8 Å². The molecule has 3 aromatic rings. The molecule has 0 aliphatic heterocycles. The van der Waals surface area contributed by atoms with Crippen molar-refractivity contribution in [3.05, 3.63) is 68.1 Å². The molecule has 0 bridgehead atoms. The first-order chi connectivity index (χ1) is 14.4. The van der Waals surface area contributed by atoms with E-state index in [1.807, 2.05) is 37.4 Å². The summed E-state index contributed by atoms with van der Waals surface area (Å²) >= 11 is 13.6. The van der Waals surface area contributed by atoms with Crippen molar-refractivity contribution in [1.82, 2.24) is 15.3 Å². The van der Waals surface area contributed by atoms with Crippen molar-refractivity contribution < 1.29 is 4.79 Å². The Bertz CT molecular complexity index is 1040. The number of hydrogen-bond donors (Lipinski definition) is 3. The molecule has 2 heterocycles. The zero-order valence-electron chi connectivity index (χ0n) is 16.4. The first-order valence-corrected chi connectivity index (χ1v) is 10.7. The molecule has 0 atom stereocenters. The average Bonchev–Trinajstić information content (AvgIpc) is 3.17. The zero-order valence-corrected chi connectivity index (χ0v) is 18.7. The van der Waals surface area contributed by atoms with Crippen LogP contribution in [0.3, 0.4) is 0 Å². The van der Waals surface area contributed by atoms with Gasteiger partial charge >= 0.3 is 6.03 Å². The molecule has 0 aliphatic rings. The number of nitrogens with zero attached hydrogens (tertiary/aromatic N) is 3. The van der Waals surface area contributed by atoms with Crippen LogP contribution in [0.15, 0.2) is 46.8 Å². The van der Waals surface area contributed by atoms with E-state index >= 15 is 0 Å². The summed E-state index contributed by atoms with van der Waals surface area (Å²) < 4.78 is 0. The van der Waals surface area contributed by atoms with Crippen LogP contribution < -0.4 is 16.0 Å². The van der Waals surface area contributed by atoms with E-state index in [2.05, 4.69) is 30.9 Å². The van der Waals surface area contributed by atoms with Crippen molar-refractivity contribution in [2.24, 2.45) is 4.99 Å². The molecule has 0 saturated carbocycles. The fourth-order valence-electron chi connectivity index (χ4n) is 2.57. The first kappa shape index (κ1) is 22.0. The number of amides is 2. The minimum Gasteiger partial charge on any atom is -0.308 e. The van der Waals surface area contributed by atoms with E-state index in [4.69, 9.17) is 23.2 Å². The van der Waals surface area contributed by atoms with E-state index in [0.717, 1.165) is 17.8 Å². The van der Waals surface area contributed by atoms with Gasteiger partial charge in [0.15, 0.2) is 0 Å². The minimum absolute atomic E-state index is 0.245. The number of carbonyl (C=O) groups excluding carboxylic acids is 1. The van der Waals surface area contributed by atoms with Gasteiger partial charge in [0.25, 0.3) is 0 Å². The summed E-state index contributed by atoms with van der Waals surface area (Å²) in [7, 11) is 0. The molecule has 0 fully saturated rings. The summed E-state index contributed by atoms with van der Waals surface area (Å²) in [5, 5.41) is 11.2. The Kier molecular flexibility index (Phi) is 7.62. The number of benzene rings is 1. The number of thiophene rings is 1. The molecular weight excluding hydrogens is 443 g/mol. The number of guanidine groups is 1. The maximum Gasteiger partial charge on any atom is 0.326 e. The molecule has 3 rings (SSSR count). The second-order valence-electron chi connectivity index (χ2n) is 6.37. The molecule has 2 amide bonds. The Morgan fingerprint density at radius 1 is 1.07 bits per heavy atom. The summed E-state index contributed by atoms with van der Waals surface area (Å²) in [5.41, 5.74) is 2.12. The smallest absolute Gasteiger partial charge is 0.308 e. The summed E-state index contributed by atoms with van der Waals surface area (Å²) in [6.07, 6.45) is 0.757. The topological polar surface area (TPSA) is 91.3 Å². The normalized spacial score (nSPS) is 11.3. The highest BCUT2D eigenvalue weighted by molar-refractivity contribution is 7.09. The predicted octanol–water partition coefficient (Wildman–Crippen LogP) is 5.29. The van der Waals surface area contributed by atoms with Gasteiger partial charge in [0.05, 0.1) is 10.0 Å². The third kappa shape index (κ3) is 6.69. The molecule has 156 valence electrons. The Hall–Kier alpha value is -2.68. The van der Waals surface area contributed by atoms with Gasteiger partial charge in [0, 0.05) is 34.9 Å². The third-order valence-electron chi connectivity index (χ3n) is 3.83. The number of hydrogen-bond acceptors (Lipinski definition) is 5. The van der Waals surface area contributed by atoms with Gasteiger partial charge in [0.1, 0.15) is 0 Å². The Balaban J connectivity index is 1.71. The van der Waals surface area contributed by atoms with Gasteiger partial charge in [-0.15, -0.1) is 11.3 Å². The maximum atomic E-state index is 12.5. The lowest BCUT2D eigenvalue weighted by molar-refractivity contribution is 0.256. The minimum atomic E-state index is -0.486. The number of rotatable bonds is 5. The largest absolute Gasteiger partial charge is 0.326 e. The van der Waals surface area contributed by atoms with Crippen LogP contribution in [-0.4, -0.2) is 28.5 Å². The van der Waals surface area contributed by atoms with Crippen LogP contribution in [0.4, 0.5) is 16.4 Å². The first-order valence-electron chi connectivity index (χ1n) is 9.08. The summed E-state index contributed by atoms with van der Waals surface area (Å²) in [6.45, 7) is 4.23. The second-order valence-corrected chi connectivity index (χ2v) is 8.21. The molecule has 3 N–H and O–H groups in total. The zero-order chi connectivity index (χ0) is 21.5. The van der Waals surface area contributed by atoms with Crippen molar-refractivity contribution in [3.8, 4) is 0 Å². The standard InChI is InChI=1S/C20H20Cl2N6OS/c1-12-10-13(2)25-19(24-12)27-18(23-8-7-15-4-3-9-30-15)28-20(29)26-14-5-6-16(21)17(22)11-14/h3-6,9-11H,7-8H2,1-2H3,(H3,23,24,25,26,27,28,29). The summed E-state index contributed by atoms with van der Waals surface area (Å²) in [6, 6.07) is 10.2. The lowest BCUT2D eigenvalue weighted by Gasteiger charge is -2.12. The number of aromatic nitrogens is 2. The SMILES string of the molecule is Cc1cc(C)nc(NC(=NCCc2cccs2)NC(=O)Nc2ccc(Cl)c(Cl)c2)n1. The number of aryl methyl sites for hydroxylation is 2. The van der Waals surface area contributed by atoms with Crippen LogP contribution in [0.25, 0.3) is 0 Å². The van der Waals surface area contributed by atoms with Crippen molar-refractivity contribution >= 4 is 58.2 Å². The quantitative estimate of drug-likeness (QED) is 0.354. The fourth-order valence-corrected chi connectivity index (χ4v) is 3.57. The molecule has 1 aromatic carbocycles. The maximum absolute atomic E-state index is 12.5. The van der Waals surface area contributed by atoms with Gasteiger partial charge in [-0.2, -0.15) is 0 Å². The van der Waals surface area contributed by atoms with Crippen molar-refractivity contribution in [2.75, 3.05) is 17.2 Å². The highest BCUT2D eigenvalue weighted by atomic mass is 35.5. The van der Waals surface area contributed by atoms with Gasteiger partial charge in [-0.3, -0.25) is 15.6 Å². The molecule has 0 spiro atoms.